The number of carbonyl (C=O) groups is 1. The van der Waals surface area contributed by atoms with Crippen LogP contribution in [0.5, 0.6) is 0 Å². The summed E-state index contributed by atoms with van der Waals surface area (Å²) in [5.41, 5.74) is 7.15. The molecule has 2 fully saturated rings. The molecule has 1 aromatic carbocycles. The van der Waals surface area contributed by atoms with Crippen LogP contribution in [0.4, 0.5) is 0 Å². The van der Waals surface area contributed by atoms with Crippen molar-refractivity contribution in [3.8, 4) is 0 Å². The quantitative estimate of drug-likeness (QED) is 0.740. The zero-order valence-electron chi connectivity index (χ0n) is 16.5. The molecule has 1 unspecified atom stereocenters. The van der Waals surface area contributed by atoms with Crippen molar-refractivity contribution in [3.05, 3.63) is 58.2 Å². The van der Waals surface area contributed by atoms with Crippen LogP contribution in [-0.2, 0) is 4.79 Å². The molecular formula is C25H30O2. The number of ketones is 1. The third-order valence-electron chi connectivity index (χ3n) is 8.16. The number of benzene rings is 1. The van der Waals surface area contributed by atoms with E-state index in [1.54, 1.807) is 5.57 Å². The maximum Gasteiger partial charge on any atom is 0.156 e. The number of hydrogen-bond donors (Lipinski definition) is 1. The van der Waals surface area contributed by atoms with Gasteiger partial charge in [0, 0.05) is 12.3 Å². The van der Waals surface area contributed by atoms with Crippen molar-refractivity contribution in [3.63, 3.8) is 0 Å². The molecule has 0 aliphatic heterocycles. The van der Waals surface area contributed by atoms with Crippen LogP contribution in [0.2, 0.25) is 0 Å². The third-order valence-corrected chi connectivity index (χ3v) is 8.16. The lowest BCUT2D eigenvalue weighted by Gasteiger charge is -2.52. The number of aryl methyl sites for hydroxylation is 1. The average Bonchev–Trinajstić information content (AvgIpc) is 2.96. The van der Waals surface area contributed by atoms with Crippen LogP contribution in [0.1, 0.15) is 68.9 Å². The Morgan fingerprint density at radius 2 is 1.81 bits per heavy atom. The molecule has 0 bridgehead atoms. The van der Waals surface area contributed by atoms with Crippen LogP contribution in [0.25, 0.3) is 0 Å². The van der Waals surface area contributed by atoms with Gasteiger partial charge in [0.05, 0.1) is 6.10 Å². The van der Waals surface area contributed by atoms with Crippen LogP contribution >= 0.6 is 0 Å². The Morgan fingerprint density at radius 1 is 1.04 bits per heavy atom. The molecule has 4 aliphatic rings. The van der Waals surface area contributed by atoms with Gasteiger partial charge in [0.25, 0.3) is 0 Å². The van der Waals surface area contributed by atoms with Crippen LogP contribution in [0, 0.1) is 24.2 Å². The molecule has 1 aromatic rings. The number of carbonyl (C=O) groups excluding carboxylic acids is 1. The van der Waals surface area contributed by atoms with Crippen LogP contribution in [0.15, 0.2) is 47.1 Å². The van der Waals surface area contributed by atoms with Gasteiger partial charge in [-0.1, -0.05) is 42.3 Å². The average molecular weight is 363 g/mol. The van der Waals surface area contributed by atoms with Crippen molar-refractivity contribution in [1.29, 1.82) is 0 Å². The van der Waals surface area contributed by atoms with Crippen molar-refractivity contribution < 1.29 is 9.90 Å². The number of rotatable bonds is 1. The monoisotopic (exact) mass is 362 g/mol. The molecule has 5 rings (SSSR count). The van der Waals surface area contributed by atoms with E-state index in [9.17, 15) is 9.90 Å². The smallest absolute Gasteiger partial charge is 0.156 e. The summed E-state index contributed by atoms with van der Waals surface area (Å²) in [4.78, 5) is 12.0. The van der Waals surface area contributed by atoms with Gasteiger partial charge in [-0.25, -0.2) is 0 Å². The normalized spacial score (nSPS) is 38.2. The van der Waals surface area contributed by atoms with E-state index in [2.05, 4.69) is 38.1 Å². The van der Waals surface area contributed by atoms with Gasteiger partial charge in [-0.3, -0.25) is 4.79 Å². The molecule has 0 spiro atoms. The summed E-state index contributed by atoms with van der Waals surface area (Å²) >= 11 is 0. The van der Waals surface area contributed by atoms with Crippen LogP contribution < -0.4 is 0 Å². The summed E-state index contributed by atoms with van der Waals surface area (Å²) < 4.78 is 0. The number of aliphatic hydroxyl groups is 1. The van der Waals surface area contributed by atoms with Gasteiger partial charge in [-0.2, -0.15) is 0 Å². The zero-order chi connectivity index (χ0) is 18.8. The molecule has 2 nitrogen and oxygen atoms in total. The number of fused-ring (bicyclic) bond motifs is 4. The van der Waals surface area contributed by atoms with Crippen molar-refractivity contribution in [2.75, 3.05) is 0 Å². The van der Waals surface area contributed by atoms with E-state index in [1.807, 2.05) is 6.08 Å². The number of allylic oxidation sites excluding steroid dienone is 4. The molecule has 2 heteroatoms. The minimum Gasteiger partial charge on any atom is -0.393 e. The van der Waals surface area contributed by atoms with Crippen molar-refractivity contribution in [1.82, 2.24) is 0 Å². The summed E-state index contributed by atoms with van der Waals surface area (Å²) in [6, 6.07) is 9.03. The second kappa shape index (κ2) is 6.17. The largest absolute Gasteiger partial charge is 0.393 e. The molecule has 0 heterocycles. The van der Waals surface area contributed by atoms with Gasteiger partial charge in [0.1, 0.15) is 0 Å². The van der Waals surface area contributed by atoms with E-state index in [4.69, 9.17) is 0 Å². The fourth-order valence-corrected chi connectivity index (χ4v) is 6.73. The molecule has 0 amide bonds. The van der Waals surface area contributed by atoms with E-state index in [0.717, 1.165) is 38.5 Å². The second-order valence-electron chi connectivity index (χ2n) is 9.59. The Kier molecular flexibility index (Phi) is 3.98. The molecule has 1 N–H and O–H groups in total. The maximum atomic E-state index is 12.0. The number of hydrogen-bond acceptors (Lipinski definition) is 2. The molecule has 0 radical (unpaired) electrons. The lowest BCUT2D eigenvalue weighted by molar-refractivity contribution is -0.114. The van der Waals surface area contributed by atoms with Gasteiger partial charge in [0.2, 0.25) is 0 Å². The van der Waals surface area contributed by atoms with E-state index in [1.165, 1.54) is 22.3 Å². The predicted octanol–water partition coefficient (Wildman–Crippen LogP) is 5.26. The fraction of sp³-hybridized carbons (Fsp3) is 0.560. The number of aliphatic hydroxyl groups excluding tert-OH is 1. The first-order valence-corrected chi connectivity index (χ1v) is 10.7. The van der Waals surface area contributed by atoms with Crippen molar-refractivity contribution >= 4 is 5.78 Å². The first-order valence-electron chi connectivity index (χ1n) is 10.7. The van der Waals surface area contributed by atoms with Crippen molar-refractivity contribution in [2.45, 2.75) is 70.8 Å². The fourth-order valence-electron chi connectivity index (χ4n) is 6.73. The van der Waals surface area contributed by atoms with E-state index in [-0.39, 0.29) is 11.5 Å². The van der Waals surface area contributed by atoms with E-state index in [0.29, 0.717) is 30.0 Å². The molecule has 4 aliphatic carbocycles. The molecule has 5 atom stereocenters. The molecule has 27 heavy (non-hydrogen) atoms. The van der Waals surface area contributed by atoms with Gasteiger partial charge >= 0.3 is 0 Å². The summed E-state index contributed by atoms with van der Waals surface area (Å²) in [6.07, 6.45) is 8.67. The predicted molar refractivity (Wildman–Crippen MR) is 107 cm³/mol. The van der Waals surface area contributed by atoms with Crippen LogP contribution in [-0.4, -0.2) is 17.0 Å². The minimum atomic E-state index is -0.174. The minimum absolute atomic E-state index is 0.0238. The topological polar surface area (TPSA) is 37.3 Å². The van der Waals surface area contributed by atoms with Gasteiger partial charge in [0.15, 0.2) is 5.78 Å². The third kappa shape index (κ3) is 2.60. The summed E-state index contributed by atoms with van der Waals surface area (Å²) in [5.74, 6) is 1.86. The Hall–Kier alpha value is -1.67. The Morgan fingerprint density at radius 3 is 2.59 bits per heavy atom. The lowest BCUT2D eigenvalue weighted by atomic mass is 9.53. The SMILES string of the molecule is Cc1ccc([C@H]2C[C@]3(C)C(O)CC[C@H]3[C@@H]3CCC4=CC(=O)CCC4=C32)cc1. The molecule has 0 saturated heterocycles. The van der Waals surface area contributed by atoms with Gasteiger partial charge in [-0.15, -0.1) is 0 Å². The lowest BCUT2D eigenvalue weighted by Crippen LogP contribution is -2.45. The summed E-state index contributed by atoms with van der Waals surface area (Å²) in [6.45, 7) is 4.48. The highest BCUT2D eigenvalue weighted by atomic mass is 16.3. The molecule has 2 saturated carbocycles. The molecule has 142 valence electrons. The highest BCUT2D eigenvalue weighted by Crippen LogP contribution is 2.63. The first kappa shape index (κ1) is 17.4. The summed E-state index contributed by atoms with van der Waals surface area (Å²) in [7, 11) is 0. The Bertz CT molecular complexity index is 844. The maximum absolute atomic E-state index is 12.0. The van der Waals surface area contributed by atoms with E-state index >= 15 is 0 Å². The Balaban J connectivity index is 1.68. The van der Waals surface area contributed by atoms with Crippen LogP contribution in [0.3, 0.4) is 0 Å². The van der Waals surface area contributed by atoms with E-state index < -0.39 is 0 Å². The van der Waals surface area contributed by atoms with Gasteiger partial charge < -0.3 is 5.11 Å². The summed E-state index contributed by atoms with van der Waals surface area (Å²) in [5, 5.41) is 10.9. The Labute approximate surface area is 162 Å². The highest BCUT2D eigenvalue weighted by Gasteiger charge is 2.56. The van der Waals surface area contributed by atoms with Crippen molar-refractivity contribution in [2.24, 2.45) is 17.3 Å². The highest BCUT2D eigenvalue weighted by molar-refractivity contribution is 5.93. The molecular weight excluding hydrogens is 332 g/mol. The molecule has 0 aromatic heterocycles. The zero-order valence-corrected chi connectivity index (χ0v) is 16.5. The second-order valence-corrected chi connectivity index (χ2v) is 9.59. The van der Waals surface area contributed by atoms with Gasteiger partial charge in [-0.05, 0) is 85.5 Å². The standard InChI is InChI=1S/C25H30O2/c1-15-3-5-16(6-4-15)21-14-25(2)22(11-12-23(25)27)20-9-7-17-13-18(26)8-10-19(17)24(20)21/h3-6,13,20-23,27H,7-12,14H2,1-2H3/t20-,21+,22-,23?,25-/m0/s1. The first-order chi connectivity index (χ1) is 13.0.